The Morgan fingerprint density at radius 1 is 0.963 bits per heavy atom. The Bertz CT molecular complexity index is 801. The van der Waals surface area contributed by atoms with Crippen molar-refractivity contribution in [1.82, 2.24) is 0 Å². The normalized spacial score (nSPS) is 10.7. The van der Waals surface area contributed by atoms with E-state index in [0.29, 0.717) is 17.1 Å². The third-order valence-corrected chi connectivity index (χ3v) is 3.45. The molecule has 2 rings (SSSR count). The number of hydrogen-bond donors (Lipinski definition) is 1. The summed E-state index contributed by atoms with van der Waals surface area (Å²) in [5.74, 6) is 0.667. The molecule has 1 amide bonds. The van der Waals surface area contributed by atoms with Gasteiger partial charge in [-0.1, -0.05) is 0 Å². The van der Waals surface area contributed by atoms with E-state index in [-0.39, 0.29) is 17.2 Å². The molecule has 0 fully saturated rings. The summed E-state index contributed by atoms with van der Waals surface area (Å²) < 4.78 is 44.6. The summed E-state index contributed by atoms with van der Waals surface area (Å²) in [7, 11) is 4.38. The van der Waals surface area contributed by atoms with Gasteiger partial charge in [-0.05, 0) is 35.9 Å². The van der Waals surface area contributed by atoms with Crippen LogP contribution >= 0.6 is 0 Å². The van der Waals surface area contributed by atoms with E-state index in [2.05, 4.69) is 10.1 Å². The van der Waals surface area contributed by atoms with Gasteiger partial charge in [0.15, 0.2) is 11.5 Å². The molecule has 27 heavy (non-hydrogen) atoms. The van der Waals surface area contributed by atoms with Crippen LogP contribution in [0.2, 0.25) is 0 Å². The number of amides is 1. The standard InChI is InChI=1S/C19H19F2NO5/c1-24-14-8-12(9-15(11-14)25-2)4-7-18(23)22-13-5-6-16(26-3)17(10-13)27-19(20)21/h4-11,19H,1-3H3,(H,22,23)/b7-4+. The predicted octanol–water partition coefficient (Wildman–Crippen LogP) is 3.97. The van der Waals surface area contributed by atoms with Crippen LogP contribution in [0.4, 0.5) is 14.5 Å². The van der Waals surface area contributed by atoms with Crippen molar-refractivity contribution in [2.45, 2.75) is 6.61 Å². The van der Waals surface area contributed by atoms with E-state index in [9.17, 15) is 13.6 Å². The molecule has 0 saturated carbocycles. The summed E-state index contributed by atoms with van der Waals surface area (Å²) in [4.78, 5) is 12.1. The summed E-state index contributed by atoms with van der Waals surface area (Å²) >= 11 is 0. The van der Waals surface area contributed by atoms with Crippen molar-refractivity contribution in [2.24, 2.45) is 0 Å². The molecule has 8 heteroatoms. The Morgan fingerprint density at radius 2 is 1.63 bits per heavy atom. The smallest absolute Gasteiger partial charge is 0.387 e. The van der Waals surface area contributed by atoms with Crippen LogP contribution in [0.5, 0.6) is 23.0 Å². The van der Waals surface area contributed by atoms with Crippen LogP contribution in [0.15, 0.2) is 42.5 Å². The summed E-state index contributed by atoms with van der Waals surface area (Å²) in [6, 6.07) is 9.36. The summed E-state index contributed by atoms with van der Waals surface area (Å²) in [6.45, 7) is -3.01. The molecule has 6 nitrogen and oxygen atoms in total. The molecule has 0 spiro atoms. The van der Waals surface area contributed by atoms with Gasteiger partial charge < -0.3 is 24.3 Å². The highest BCUT2D eigenvalue weighted by Gasteiger charge is 2.12. The second-order valence-electron chi connectivity index (χ2n) is 5.21. The number of rotatable bonds is 8. The fraction of sp³-hybridized carbons (Fsp3) is 0.211. The first-order valence-corrected chi connectivity index (χ1v) is 7.80. The van der Waals surface area contributed by atoms with Crippen LogP contribution in [0.1, 0.15) is 5.56 Å². The van der Waals surface area contributed by atoms with Gasteiger partial charge in [0.2, 0.25) is 5.91 Å². The van der Waals surface area contributed by atoms with Gasteiger partial charge in [-0.25, -0.2) is 0 Å². The Hall–Kier alpha value is -3.29. The Kier molecular flexibility index (Phi) is 6.99. The lowest BCUT2D eigenvalue weighted by molar-refractivity contribution is -0.111. The van der Waals surface area contributed by atoms with E-state index < -0.39 is 12.5 Å². The molecule has 2 aromatic carbocycles. The molecule has 1 N–H and O–H groups in total. The minimum Gasteiger partial charge on any atom is -0.497 e. The van der Waals surface area contributed by atoms with Crippen LogP contribution in [0, 0.1) is 0 Å². The quantitative estimate of drug-likeness (QED) is 0.703. The highest BCUT2D eigenvalue weighted by Crippen LogP contribution is 2.31. The second kappa shape index (κ2) is 9.42. The molecule has 0 aromatic heterocycles. The van der Waals surface area contributed by atoms with Crippen LogP contribution in [0.3, 0.4) is 0 Å². The maximum absolute atomic E-state index is 12.5. The maximum Gasteiger partial charge on any atom is 0.387 e. The minimum atomic E-state index is -3.01. The van der Waals surface area contributed by atoms with E-state index in [1.165, 1.54) is 45.6 Å². The molecule has 0 heterocycles. The van der Waals surface area contributed by atoms with Crippen LogP contribution in [0.25, 0.3) is 6.08 Å². The molecule has 0 unspecified atom stereocenters. The highest BCUT2D eigenvalue weighted by atomic mass is 19.3. The van der Waals surface area contributed by atoms with Crippen molar-refractivity contribution in [3.05, 3.63) is 48.0 Å². The van der Waals surface area contributed by atoms with Gasteiger partial charge in [-0.2, -0.15) is 8.78 Å². The first kappa shape index (κ1) is 20.0. The topological polar surface area (TPSA) is 66.0 Å². The number of nitrogens with one attached hydrogen (secondary N) is 1. The van der Waals surface area contributed by atoms with Gasteiger partial charge >= 0.3 is 6.61 Å². The Balaban J connectivity index is 2.12. The first-order chi connectivity index (χ1) is 12.9. The Labute approximate surface area is 155 Å². The molecule has 0 saturated heterocycles. The van der Waals surface area contributed by atoms with Gasteiger partial charge in [-0.15, -0.1) is 0 Å². The first-order valence-electron chi connectivity index (χ1n) is 7.80. The molecular weight excluding hydrogens is 360 g/mol. The van der Waals surface area contributed by atoms with Gasteiger partial charge in [0.05, 0.1) is 21.3 Å². The van der Waals surface area contributed by atoms with Crippen molar-refractivity contribution in [1.29, 1.82) is 0 Å². The van der Waals surface area contributed by atoms with Gasteiger partial charge in [0.1, 0.15) is 11.5 Å². The molecule has 0 aliphatic heterocycles. The number of benzene rings is 2. The van der Waals surface area contributed by atoms with Gasteiger partial charge in [-0.3, -0.25) is 4.79 Å². The number of alkyl halides is 2. The summed E-state index contributed by atoms with van der Waals surface area (Å²) in [5.41, 5.74) is 0.974. The zero-order valence-corrected chi connectivity index (χ0v) is 15.0. The van der Waals surface area contributed by atoms with Crippen molar-refractivity contribution in [3.63, 3.8) is 0 Å². The maximum atomic E-state index is 12.5. The lowest BCUT2D eigenvalue weighted by Gasteiger charge is -2.11. The number of methoxy groups -OCH3 is 3. The highest BCUT2D eigenvalue weighted by molar-refractivity contribution is 6.02. The average molecular weight is 379 g/mol. The molecule has 0 aliphatic carbocycles. The van der Waals surface area contributed by atoms with Crippen LogP contribution in [-0.2, 0) is 4.79 Å². The molecule has 2 aromatic rings. The van der Waals surface area contributed by atoms with Gasteiger partial charge in [0.25, 0.3) is 0 Å². The number of anilines is 1. The molecule has 144 valence electrons. The SMILES string of the molecule is COc1cc(/C=C/C(=O)Nc2ccc(OC)c(OC(F)F)c2)cc(OC)c1. The largest absolute Gasteiger partial charge is 0.497 e. The molecule has 0 aliphatic rings. The van der Waals surface area contributed by atoms with Gasteiger partial charge in [0, 0.05) is 23.9 Å². The van der Waals surface area contributed by atoms with Crippen LogP contribution < -0.4 is 24.3 Å². The number of carbonyl (C=O) groups is 1. The fourth-order valence-electron chi connectivity index (χ4n) is 2.22. The second-order valence-corrected chi connectivity index (χ2v) is 5.21. The van der Waals surface area contributed by atoms with Crippen molar-refractivity contribution >= 4 is 17.7 Å². The fourth-order valence-corrected chi connectivity index (χ4v) is 2.22. The Morgan fingerprint density at radius 3 is 2.19 bits per heavy atom. The lowest BCUT2D eigenvalue weighted by atomic mass is 10.2. The van der Waals surface area contributed by atoms with E-state index in [4.69, 9.17) is 14.2 Å². The molecular formula is C19H19F2NO5. The lowest BCUT2D eigenvalue weighted by Crippen LogP contribution is -2.09. The average Bonchev–Trinajstić information content (AvgIpc) is 2.65. The van der Waals surface area contributed by atoms with Crippen LogP contribution in [-0.4, -0.2) is 33.8 Å². The monoisotopic (exact) mass is 379 g/mol. The summed E-state index contributed by atoms with van der Waals surface area (Å²) in [6.07, 6.45) is 2.87. The van der Waals surface area contributed by atoms with Crippen molar-refractivity contribution in [2.75, 3.05) is 26.6 Å². The molecule has 0 atom stereocenters. The number of hydrogen-bond acceptors (Lipinski definition) is 5. The van der Waals surface area contributed by atoms with E-state index in [1.807, 2.05) is 0 Å². The van der Waals surface area contributed by atoms with E-state index >= 15 is 0 Å². The van der Waals surface area contributed by atoms with Crippen molar-refractivity contribution in [3.8, 4) is 23.0 Å². The summed E-state index contributed by atoms with van der Waals surface area (Å²) in [5, 5.41) is 2.57. The third-order valence-electron chi connectivity index (χ3n) is 3.45. The third kappa shape index (κ3) is 5.88. The molecule has 0 bridgehead atoms. The zero-order chi connectivity index (χ0) is 19.8. The number of ether oxygens (including phenoxy) is 4. The number of halogens is 2. The minimum absolute atomic E-state index is 0.132. The van der Waals surface area contributed by atoms with E-state index in [1.54, 1.807) is 24.3 Å². The number of carbonyl (C=O) groups excluding carboxylic acids is 1. The predicted molar refractivity (Wildman–Crippen MR) is 96.8 cm³/mol. The molecule has 0 radical (unpaired) electrons. The van der Waals surface area contributed by atoms with Crippen molar-refractivity contribution < 1.29 is 32.5 Å². The van der Waals surface area contributed by atoms with E-state index in [0.717, 1.165) is 0 Å². The zero-order valence-electron chi connectivity index (χ0n) is 15.0.